The first-order valence-electron chi connectivity index (χ1n) is 9.08. The number of aryl methyl sites for hydroxylation is 1. The molecule has 2 aromatic carbocycles. The molecule has 0 radical (unpaired) electrons. The van der Waals surface area contributed by atoms with Crippen molar-refractivity contribution in [3.63, 3.8) is 0 Å². The van der Waals surface area contributed by atoms with Gasteiger partial charge >= 0.3 is 0 Å². The maximum Gasteiger partial charge on any atom is 0.222 e. The minimum absolute atomic E-state index is 0.0434. The lowest BCUT2D eigenvalue weighted by molar-refractivity contribution is -0.128. The molecule has 1 N–H and O–H groups in total. The van der Waals surface area contributed by atoms with Gasteiger partial charge in [0.05, 0.1) is 10.0 Å². The van der Waals surface area contributed by atoms with Gasteiger partial charge in [0.2, 0.25) is 11.8 Å². The van der Waals surface area contributed by atoms with Gasteiger partial charge in [-0.3, -0.25) is 9.59 Å². The summed E-state index contributed by atoms with van der Waals surface area (Å²) < 4.78 is 0. The normalized spacial score (nSPS) is 13.9. The zero-order valence-electron chi connectivity index (χ0n) is 15.0. The lowest BCUT2D eigenvalue weighted by Crippen LogP contribution is -2.27. The van der Waals surface area contributed by atoms with E-state index in [0.717, 1.165) is 29.7 Å². The van der Waals surface area contributed by atoms with Crippen molar-refractivity contribution in [3.8, 4) is 0 Å². The van der Waals surface area contributed by atoms with Crippen LogP contribution in [-0.2, 0) is 29.1 Å². The van der Waals surface area contributed by atoms with Crippen LogP contribution in [0.2, 0.25) is 10.0 Å². The quantitative estimate of drug-likeness (QED) is 0.744. The van der Waals surface area contributed by atoms with Crippen molar-refractivity contribution in [1.82, 2.24) is 10.2 Å². The number of nitrogens with one attached hydrogen (secondary N) is 1. The molecule has 1 fully saturated rings. The third-order valence-corrected chi connectivity index (χ3v) is 5.64. The molecular formula is C21H22Cl2N2O2. The Morgan fingerprint density at radius 1 is 1.04 bits per heavy atom. The van der Waals surface area contributed by atoms with Gasteiger partial charge in [0, 0.05) is 32.5 Å². The van der Waals surface area contributed by atoms with Gasteiger partial charge < -0.3 is 10.2 Å². The Bertz CT molecular complexity index is 839. The SMILES string of the molecule is O=C(CCc1cccc(Cl)c1Cl)NCc1ccccc1CN1CCCC1=O. The fourth-order valence-corrected chi connectivity index (χ4v) is 3.65. The highest BCUT2D eigenvalue weighted by Crippen LogP contribution is 2.26. The minimum atomic E-state index is -0.0434. The molecule has 0 aliphatic carbocycles. The van der Waals surface area contributed by atoms with Crippen LogP contribution in [0, 0.1) is 0 Å². The lowest BCUT2D eigenvalue weighted by Gasteiger charge is -2.18. The maximum absolute atomic E-state index is 12.2. The lowest BCUT2D eigenvalue weighted by atomic mass is 10.1. The van der Waals surface area contributed by atoms with E-state index in [9.17, 15) is 9.59 Å². The number of nitrogens with zero attached hydrogens (tertiary/aromatic N) is 1. The number of carbonyl (C=O) groups is 2. The van der Waals surface area contributed by atoms with Crippen molar-refractivity contribution in [2.24, 2.45) is 0 Å². The fraction of sp³-hybridized carbons (Fsp3) is 0.333. The molecule has 3 rings (SSSR count). The summed E-state index contributed by atoms with van der Waals surface area (Å²) in [7, 11) is 0. The molecule has 0 aromatic heterocycles. The number of amides is 2. The smallest absolute Gasteiger partial charge is 0.222 e. The van der Waals surface area contributed by atoms with E-state index in [0.29, 0.717) is 42.4 Å². The Labute approximate surface area is 169 Å². The van der Waals surface area contributed by atoms with Gasteiger partial charge in [0.1, 0.15) is 0 Å². The number of hydrogen-bond donors (Lipinski definition) is 1. The molecule has 1 saturated heterocycles. The largest absolute Gasteiger partial charge is 0.352 e. The Morgan fingerprint density at radius 3 is 2.52 bits per heavy atom. The van der Waals surface area contributed by atoms with Crippen LogP contribution in [0.3, 0.4) is 0 Å². The topological polar surface area (TPSA) is 49.4 Å². The summed E-state index contributed by atoms with van der Waals surface area (Å²) in [6.07, 6.45) is 2.43. The summed E-state index contributed by atoms with van der Waals surface area (Å²) >= 11 is 12.2. The number of halogens is 2. The van der Waals surface area contributed by atoms with Crippen LogP contribution in [0.5, 0.6) is 0 Å². The monoisotopic (exact) mass is 404 g/mol. The molecule has 0 spiro atoms. The van der Waals surface area contributed by atoms with Gasteiger partial charge in [-0.05, 0) is 35.6 Å². The summed E-state index contributed by atoms with van der Waals surface area (Å²) in [5.74, 6) is 0.158. The Hall–Kier alpha value is -2.04. The molecule has 27 heavy (non-hydrogen) atoms. The van der Waals surface area contributed by atoms with Gasteiger partial charge in [0.25, 0.3) is 0 Å². The van der Waals surface area contributed by atoms with Gasteiger partial charge in [0.15, 0.2) is 0 Å². The summed E-state index contributed by atoms with van der Waals surface area (Å²) in [6.45, 7) is 1.85. The molecule has 142 valence electrons. The number of rotatable bonds is 7. The van der Waals surface area contributed by atoms with Crippen LogP contribution in [0.1, 0.15) is 36.0 Å². The molecule has 0 atom stereocenters. The molecule has 0 unspecified atom stereocenters. The summed E-state index contributed by atoms with van der Waals surface area (Å²) in [5, 5.41) is 3.97. The van der Waals surface area contributed by atoms with E-state index in [-0.39, 0.29) is 11.8 Å². The maximum atomic E-state index is 12.2. The molecule has 2 aromatic rings. The van der Waals surface area contributed by atoms with Crippen LogP contribution in [0.25, 0.3) is 0 Å². The minimum Gasteiger partial charge on any atom is -0.352 e. The standard InChI is InChI=1S/C21H22Cl2N2O2/c22-18-8-3-7-15(21(18)23)10-11-19(26)24-13-16-5-1-2-6-17(16)14-25-12-4-9-20(25)27/h1-3,5-8H,4,9-14H2,(H,24,26). The molecule has 1 heterocycles. The summed E-state index contributed by atoms with van der Waals surface area (Å²) in [5.41, 5.74) is 2.98. The third kappa shape index (κ3) is 5.24. The number of likely N-dealkylation sites (tertiary alicyclic amines) is 1. The van der Waals surface area contributed by atoms with Crippen LogP contribution < -0.4 is 5.32 Å². The fourth-order valence-electron chi connectivity index (χ4n) is 3.23. The predicted molar refractivity (Wildman–Crippen MR) is 108 cm³/mol. The predicted octanol–water partition coefficient (Wildman–Crippen LogP) is 4.36. The van der Waals surface area contributed by atoms with Crippen LogP contribution >= 0.6 is 23.2 Å². The van der Waals surface area contributed by atoms with E-state index >= 15 is 0 Å². The van der Waals surface area contributed by atoms with E-state index in [1.807, 2.05) is 41.3 Å². The van der Waals surface area contributed by atoms with Gasteiger partial charge in [-0.15, -0.1) is 0 Å². The Balaban J connectivity index is 1.54. The van der Waals surface area contributed by atoms with Gasteiger partial charge in [-0.1, -0.05) is 59.6 Å². The van der Waals surface area contributed by atoms with E-state index < -0.39 is 0 Å². The van der Waals surface area contributed by atoms with E-state index in [1.165, 1.54) is 0 Å². The van der Waals surface area contributed by atoms with Gasteiger partial charge in [-0.2, -0.15) is 0 Å². The Morgan fingerprint density at radius 2 is 1.78 bits per heavy atom. The summed E-state index contributed by atoms with van der Waals surface area (Å²) in [6, 6.07) is 13.4. The second kappa shape index (κ2) is 9.25. The average molecular weight is 405 g/mol. The highest BCUT2D eigenvalue weighted by Gasteiger charge is 2.20. The van der Waals surface area contributed by atoms with Crippen LogP contribution in [0.4, 0.5) is 0 Å². The van der Waals surface area contributed by atoms with Crippen LogP contribution in [-0.4, -0.2) is 23.3 Å². The van der Waals surface area contributed by atoms with Crippen molar-refractivity contribution < 1.29 is 9.59 Å². The molecular weight excluding hydrogens is 383 g/mol. The number of carbonyl (C=O) groups excluding carboxylic acids is 2. The second-order valence-electron chi connectivity index (χ2n) is 6.68. The molecule has 4 nitrogen and oxygen atoms in total. The third-order valence-electron chi connectivity index (χ3n) is 4.78. The zero-order valence-corrected chi connectivity index (χ0v) is 16.5. The van der Waals surface area contributed by atoms with E-state index in [1.54, 1.807) is 6.07 Å². The first-order valence-corrected chi connectivity index (χ1v) is 9.84. The molecule has 0 bridgehead atoms. The molecule has 2 amide bonds. The van der Waals surface area contributed by atoms with Crippen molar-refractivity contribution in [3.05, 3.63) is 69.2 Å². The van der Waals surface area contributed by atoms with Crippen molar-refractivity contribution in [2.45, 2.75) is 38.8 Å². The van der Waals surface area contributed by atoms with Crippen molar-refractivity contribution in [2.75, 3.05) is 6.54 Å². The molecule has 1 aliphatic heterocycles. The van der Waals surface area contributed by atoms with Crippen LogP contribution in [0.15, 0.2) is 42.5 Å². The van der Waals surface area contributed by atoms with Crippen molar-refractivity contribution >= 4 is 35.0 Å². The second-order valence-corrected chi connectivity index (χ2v) is 7.46. The zero-order chi connectivity index (χ0) is 19.2. The molecule has 1 aliphatic rings. The highest BCUT2D eigenvalue weighted by atomic mass is 35.5. The van der Waals surface area contributed by atoms with E-state index in [4.69, 9.17) is 23.2 Å². The number of hydrogen-bond acceptors (Lipinski definition) is 2. The first-order chi connectivity index (χ1) is 13.0. The molecule has 6 heteroatoms. The first kappa shape index (κ1) is 19.7. The number of benzene rings is 2. The van der Waals surface area contributed by atoms with Gasteiger partial charge in [-0.25, -0.2) is 0 Å². The van der Waals surface area contributed by atoms with E-state index in [2.05, 4.69) is 5.32 Å². The highest BCUT2D eigenvalue weighted by molar-refractivity contribution is 6.42. The average Bonchev–Trinajstić information content (AvgIpc) is 3.07. The Kier molecular flexibility index (Phi) is 6.75. The summed E-state index contributed by atoms with van der Waals surface area (Å²) in [4.78, 5) is 26.0. The molecule has 0 saturated carbocycles. The van der Waals surface area contributed by atoms with Crippen molar-refractivity contribution in [1.29, 1.82) is 0 Å².